The highest BCUT2D eigenvalue weighted by Crippen LogP contribution is 2.22. The van der Waals surface area contributed by atoms with Crippen molar-refractivity contribution in [3.05, 3.63) is 53.6 Å². The normalized spacial score (nSPS) is 15.4. The highest BCUT2D eigenvalue weighted by Gasteiger charge is 2.16. The van der Waals surface area contributed by atoms with E-state index >= 15 is 0 Å². The number of hydrogen-bond donors (Lipinski definition) is 1. The first-order chi connectivity index (χ1) is 12.5. The van der Waals surface area contributed by atoms with E-state index in [4.69, 9.17) is 4.74 Å². The Morgan fingerprint density at radius 3 is 2.23 bits per heavy atom. The van der Waals surface area contributed by atoms with Crippen molar-refractivity contribution in [2.75, 3.05) is 23.3 Å². The fraction of sp³-hybridized carbons (Fsp3) is 0.409. The maximum Gasteiger partial charge on any atom is 0.265 e. The van der Waals surface area contributed by atoms with E-state index in [1.165, 1.54) is 24.9 Å². The summed E-state index contributed by atoms with van der Waals surface area (Å²) in [6.45, 7) is 8.05. The SMILES string of the molecule is Cc1cc(C)cc(O[C@H](C)C(=O)Nc2ccc(N3CCCCC3)cc2)c1. The van der Waals surface area contributed by atoms with E-state index in [9.17, 15) is 4.79 Å². The van der Waals surface area contributed by atoms with Gasteiger partial charge >= 0.3 is 0 Å². The van der Waals surface area contributed by atoms with Gasteiger partial charge in [0.25, 0.3) is 5.91 Å². The zero-order valence-electron chi connectivity index (χ0n) is 15.9. The van der Waals surface area contributed by atoms with Gasteiger partial charge in [-0.25, -0.2) is 0 Å². The number of piperidine rings is 1. The molecular formula is C22H28N2O2. The molecule has 138 valence electrons. The largest absolute Gasteiger partial charge is 0.481 e. The zero-order chi connectivity index (χ0) is 18.5. The summed E-state index contributed by atoms with van der Waals surface area (Å²) in [5.41, 5.74) is 4.27. The van der Waals surface area contributed by atoms with Crippen LogP contribution >= 0.6 is 0 Å². The summed E-state index contributed by atoms with van der Waals surface area (Å²) >= 11 is 0. The number of carbonyl (C=O) groups is 1. The number of rotatable bonds is 5. The van der Waals surface area contributed by atoms with Crippen LogP contribution in [0.2, 0.25) is 0 Å². The molecule has 2 aromatic carbocycles. The lowest BCUT2D eigenvalue weighted by atomic mass is 10.1. The predicted octanol–water partition coefficient (Wildman–Crippen LogP) is 4.70. The number of amides is 1. The van der Waals surface area contributed by atoms with E-state index in [0.717, 1.165) is 35.7 Å². The summed E-state index contributed by atoms with van der Waals surface area (Å²) in [4.78, 5) is 14.8. The first-order valence-electron chi connectivity index (χ1n) is 9.42. The molecule has 0 spiro atoms. The number of carbonyl (C=O) groups excluding carboxylic acids is 1. The van der Waals surface area contributed by atoms with Crippen molar-refractivity contribution in [2.45, 2.75) is 46.1 Å². The van der Waals surface area contributed by atoms with Crippen LogP contribution in [0.5, 0.6) is 5.75 Å². The molecule has 1 heterocycles. The Morgan fingerprint density at radius 2 is 1.62 bits per heavy atom. The molecule has 4 heteroatoms. The standard InChI is InChI=1S/C22H28N2O2/c1-16-13-17(2)15-21(14-16)26-18(3)22(25)23-19-7-9-20(10-8-19)24-11-5-4-6-12-24/h7-10,13-15,18H,4-6,11-12H2,1-3H3,(H,23,25)/t18-/m1/s1. The lowest BCUT2D eigenvalue weighted by Gasteiger charge is -2.28. The molecule has 2 aromatic rings. The van der Waals surface area contributed by atoms with Gasteiger partial charge in [-0.1, -0.05) is 6.07 Å². The molecule has 0 aromatic heterocycles. The van der Waals surface area contributed by atoms with Crippen LogP contribution in [0.15, 0.2) is 42.5 Å². The van der Waals surface area contributed by atoms with Crippen molar-refractivity contribution in [3.8, 4) is 5.75 Å². The third kappa shape index (κ3) is 4.78. The third-order valence-electron chi connectivity index (χ3n) is 4.73. The van der Waals surface area contributed by atoms with Crippen molar-refractivity contribution in [1.82, 2.24) is 0 Å². The van der Waals surface area contributed by atoms with Gasteiger partial charge in [0, 0.05) is 24.5 Å². The van der Waals surface area contributed by atoms with Gasteiger partial charge in [-0.3, -0.25) is 4.79 Å². The quantitative estimate of drug-likeness (QED) is 0.848. The molecule has 1 aliphatic rings. The Labute approximate surface area is 156 Å². The fourth-order valence-corrected chi connectivity index (χ4v) is 3.41. The monoisotopic (exact) mass is 352 g/mol. The Balaban J connectivity index is 1.58. The average molecular weight is 352 g/mol. The van der Waals surface area contributed by atoms with Crippen molar-refractivity contribution in [2.24, 2.45) is 0 Å². The number of benzene rings is 2. The number of nitrogens with one attached hydrogen (secondary N) is 1. The summed E-state index contributed by atoms with van der Waals surface area (Å²) in [6.07, 6.45) is 3.28. The highest BCUT2D eigenvalue weighted by atomic mass is 16.5. The zero-order valence-corrected chi connectivity index (χ0v) is 15.9. The van der Waals surface area contributed by atoms with Crippen molar-refractivity contribution in [1.29, 1.82) is 0 Å². The molecule has 1 atom stereocenters. The summed E-state index contributed by atoms with van der Waals surface area (Å²) < 4.78 is 5.81. The molecule has 0 bridgehead atoms. The third-order valence-corrected chi connectivity index (χ3v) is 4.73. The molecule has 3 rings (SSSR count). The number of nitrogens with zero attached hydrogens (tertiary/aromatic N) is 1. The lowest BCUT2D eigenvalue weighted by molar-refractivity contribution is -0.122. The molecule has 1 fully saturated rings. The predicted molar refractivity (Wildman–Crippen MR) is 107 cm³/mol. The number of ether oxygens (including phenoxy) is 1. The minimum atomic E-state index is -0.557. The van der Waals surface area contributed by atoms with Gasteiger partial charge in [-0.2, -0.15) is 0 Å². The van der Waals surface area contributed by atoms with Crippen LogP contribution in [0.3, 0.4) is 0 Å². The minimum absolute atomic E-state index is 0.144. The second-order valence-electron chi connectivity index (χ2n) is 7.17. The number of anilines is 2. The van der Waals surface area contributed by atoms with E-state index in [1.54, 1.807) is 6.92 Å². The van der Waals surface area contributed by atoms with Crippen LogP contribution in [0.25, 0.3) is 0 Å². The fourth-order valence-electron chi connectivity index (χ4n) is 3.41. The average Bonchev–Trinajstić information content (AvgIpc) is 2.62. The van der Waals surface area contributed by atoms with Gasteiger partial charge in [0.15, 0.2) is 6.10 Å². The molecular weight excluding hydrogens is 324 g/mol. The van der Waals surface area contributed by atoms with E-state index in [1.807, 2.05) is 38.1 Å². The van der Waals surface area contributed by atoms with E-state index in [2.05, 4.69) is 28.4 Å². The molecule has 0 unspecified atom stereocenters. The van der Waals surface area contributed by atoms with Gasteiger partial charge in [0.1, 0.15) is 5.75 Å². The van der Waals surface area contributed by atoms with E-state index in [0.29, 0.717) is 0 Å². The molecule has 26 heavy (non-hydrogen) atoms. The molecule has 1 N–H and O–H groups in total. The number of hydrogen-bond acceptors (Lipinski definition) is 3. The van der Waals surface area contributed by atoms with Crippen molar-refractivity contribution < 1.29 is 9.53 Å². The first kappa shape index (κ1) is 18.3. The topological polar surface area (TPSA) is 41.6 Å². The molecule has 1 amide bonds. The second-order valence-corrected chi connectivity index (χ2v) is 7.17. The maximum absolute atomic E-state index is 12.4. The summed E-state index contributed by atoms with van der Waals surface area (Å²) in [7, 11) is 0. The summed E-state index contributed by atoms with van der Waals surface area (Å²) in [5, 5.41) is 2.94. The van der Waals surface area contributed by atoms with E-state index in [-0.39, 0.29) is 5.91 Å². The van der Waals surface area contributed by atoms with E-state index < -0.39 is 6.10 Å². The Bertz CT molecular complexity index is 729. The number of aryl methyl sites for hydroxylation is 2. The Kier molecular flexibility index (Phi) is 5.82. The second kappa shape index (κ2) is 8.26. The molecule has 0 saturated carbocycles. The van der Waals surface area contributed by atoms with Crippen LogP contribution in [0.4, 0.5) is 11.4 Å². The molecule has 4 nitrogen and oxygen atoms in total. The molecule has 1 aliphatic heterocycles. The summed E-state index contributed by atoms with van der Waals surface area (Å²) in [6, 6.07) is 14.1. The van der Waals surface area contributed by atoms with Crippen molar-refractivity contribution in [3.63, 3.8) is 0 Å². The van der Waals surface area contributed by atoms with Gasteiger partial charge in [0.05, 0.1) is 0 Å². The van der Waals surface area contributed by atoms with Crippen LogP contribution in [0.1, 0.15) is 37.3 Å². The highest BCUT2D eigenvalue weighted by molar-refractivity contribution is 5.94. The minimum Gasteiger partial charge on any atom is -0.481 e. The summed E-state index contributed by atoms with van der Waals surface area (Å²) in [5.74, 6) is 0.584. The van der Waals surface area contributed by atoms with Crippen LogP contribution in [-0.2, 0) is 4.79 Å². The van der Waals surface area contributed by atoms with Crippen LogP contribution in [0, 0.1) is 13.8 Å². The molecule has 0 radical (unpaired) electrons. The first-order valence-corrected chi connectivity index (χ1v) is 9.42. The Hall–Kier alpha value is -2.49. The molecule has 1 saturated heterocycles. The van der Waals surface area contributed by atoms with Gasteiger partial charge in [-0.15, -0.1) is 0 Å². The van der Waals surface area contributed by atoms with Crippen LogP contribution in [-0.4, -0.2) is 25.1 Å². The maximum atomic E-state index is 12.4. The van der Waals surface area contributed by atoms with Gasteiger partial charge in [0.2, 0.25) is 0 Å². The van der Waals surface area contributed by atoms with Crippen molar-refractivity contribution >= 4 is 17.3 Å². The van der Waals surface area contributed by atoms with Gasteiger partial charge in [-0.05, 0) is 87.6 Å². The van der Waals surface area contributed by atoms with Crippen LogP contribution < -0.4 is 15.0 Å². The van der Waals surface area contributed by atoms with Gasteiger partial charge < -0.3 is 15.0 Å². The lowest BCUT2D eigenvalue weighted by Crippen LogP contribution is -2.30. The smallest absolute Gasteiger partial charge is 0.265 e. The molecule has 0 aliphatic carbocycles. The Morgan fingerprint density at radius 1 is 1.00 bits per heavy atom.